The fraction of sp³-hybridized carbons (Fsp3) is 0.632. The maximum atomic E-state index is 12.2. The van der Waals surface area contributed by atoms with Crippen LogP contribution < -0.4 is 10.6 Å². The van der Waals surface area contributed by atoms with Crippen LogP contribution in [0.15, 0.2) is 24.3 Å². The molecule has 2 N–H and O–H groups in total. The normalized spacial score (nSPS) is 22.8. The second-order valence-electron chi connectivity index (χ2n) is 7.23. The Hall–Kier alpha value is -0.850. The van der Waals surface area contributed by atoms with Gasteiger partial charge in [0, 0.05) is 25.3 Å². The van der Waals surface area contributed by atoms with E-state index in [1.54, 1.807) is 0 Å². The number of nitrogens with zero attached hydrogens (tertiary/aromatic N) is 1. The van der Waals surface area contributed by atoms with E-state index in [9.17, 15) is 4.79 Å². The number of morpholine rings is 1. The molecule has 5 nitrogen and oxygen atoms in total. The Morgan fingerprint density at radius 2 is 1.81 bits per heavy atom. The second-order valence-corrected chi connectivity index (χ2v) is 7.23. The smallest absolute Gasteiger partial charge is 0.238 e. The lowest BCUT2D eigenvalue weighted by molar-refractivity contribution is -0.115. The monoisotopic (exact) mass is 403 g/mol. The molecule has 1 aliphatic carbocycles. The molecule has 2 fully saturated rings. The summed E-state index contributed by atoms with van der Waals surface area (Å²) < 4.78 is 5.80. The molecule has 1 saturated carbocycles. The summed E-state index contributed by atoms with van der Waals surface area (Å²) in [5.41, 5.74) is 2.08. The highest BCUT2D eigenvalue weighted by Crippen LogP contribution is 2.27. The number of halogens is 2. The fourth-order valence-corrected chi connectivity index (χ4v) is 3.34. The molecule has 0 radical (unpaired) electrons. The lowest BCUT2D eigenvalue weighted by Gasteiger charge is -2.35. The molecule has 2 unspecified atom stereocenters. The van der Waals surface area contributed by atoms with Crippen molar-refractivity contribution in [1.29, 1.82) is 0 Å². The van der Waals surface area contributed by atoms with Crippen molar-refractivity contribution in [2.45, 2.75) is 45.4 Å². The quantitative estimate of drug-likeness (QED) is 0.734. The first-order valence-electron chi connectivity index (χ1n) is 9.06. The van der Waals surface area contributed by atoms with Crippen LogP contribution in [-0.4, -0.2) is 49.2 Å². The summed E-state index contributed by atoms with van der Waals surface area (Å²) in [5, 5.41) is 6.30. The highest BCUT2D eigenvalue weighted by atomic mass is 35.5. The molecule has 2 atom stereocenters. The van der Waals surface area contributed by atoms with E-state index in [0.717, 1.165) is 43.3 Å². The molecule has 1 amide bonds. The molecule has 0 bridgehead atoms. The van der Waals surface area contributed by atoms with E-state index >= 15 is 0 Å². The first-order valence-corrected chi connectivity index (χ1v) is 9.06. The average molecular weight is 404 g/mol. The minimum absolute atomic E-state index is 0. The van der Waals surface area contributed by atoms with Gasteiger partial charge in [-0.3, -0.25) is 9.69 Å². The summed E-state index contributed by atoms with van der Waals surface area (Å²) in [5.74, 6) is 0.821. The predicted octanol–water partition coefficient (Wildman–Crippen LogP) is 3.08. The SMILES string of the molecule is CC1CN(Cc2ccccc2NC(=O)CNCC2CC2)CC(C)O1.Cl.Cl. The Bertz CT molecular complexity index is 559. The molecule has 26 heavy (non-hydrogen) atoms. The van der Waals surface area contributed by atoms with Gasteiger partial charge in [-0.25, -0.2) is 0 Å². The van der Waals surface area contributed by atoms with Gasteiger partial charge in [-0.1, -0.05) is 18.2 Å². The van der Waals surface area contributed by atoms with E-state index < -0.39 is 0 Å². The van der Waals surface area contributed by atoms with E-state index in [-0.39, 0.29) is 42.9 Å². The van der Waals surface area contributed by atoms with Crippen LogP contribution in [0.5, 0.6) is 0 Å². The predicted molar refractivity (Wildman–Crippen MR) is 110 cm³/mol. The lowest BCUT2D eigenvalue weighted by atomic mass is 10.1. The van der Waals surface area contributed by atoms with Gasteiger partial charge in [0.15, 0.2) is 0 Å². The van der Waals surface area contributed by atoms with E-state index in [1.165, 1.54) is 12.8 Å². The molecule has 1 saturated heterocycles. The van der Waals surface area contributed by atoms with Gasteiger partial charge < -0.3 is 15.4 Å². The summed E-state index contributed by atoms with van der Waals surface area (Å²) >= 11 is 0. The molecular formula is C19H31Cl2N3O2. The molecule has 1 heterocycles. The van der Waals surface area contributed by atoms with Crippen molar-refractivity contribution in [1.82, 2.24) is 10.2 Å². The van der Waals surface area contributed by atoms with Gasteiger partial charge in [0.1, 0.15) is 0 Å². The van der Waals surface area contributed by atoms with Crippen LogP contribution >= 0.6 is 24.8 Å². The van der Waals surface area contributed by atoms with Crippen molar-refractivity contribution in [2.24, 2.45) is 5.92 Å². The minimum Gasteiger partial charge on any atom is -0.373 e. The van der Waals surface area contributed by atoms with Crippen LogP contribution in [0.1, 0.15) is 32.3 Å². The van der Waals surface area contributed by atoms with Gasteiger partial charge in [-0.15, -0.1) is 24.8 Å². The summed E-state index contributed by atoms with van der Waals surface area (Å²) in [6.45, 7) is 8.26. The Labute approximate surface area is 169 Å². The molecule has 1 aromatic rings. The third kappa shape index (κ3) is 7.41. The molecular weight excluding hydrogens is 373 g/mol. The van der Waals surface area contributed by atoms with Crippen molar-refractivity contribution in [3.63, 3.8) is 0 Å². The third-order valence-electron chi connectivity index (χ3n) is 4.60. The number of amides is 1. The zero-order valence-electron chi connectivity index (χ0n) is 15.6. The number of benzene rings is 1. The van der Waals surface area contributed by atoms with E-state index in [1.807, 2.05) is 18.2 Å². The van der Waals surface area contributed by atoms with Crippen LogP contribution in [0.3, 0.4) is 0 Å². The number of hydrogen-bond donors (Lipinski definition) is 2. The van der Waals surface area contributed by atoms with Crippen LogP contribution in [-0.2, 0) is 16.1 Å². The van der Waals surface area contributed by atoms with Gasteiger partial charge in [-0.2, -0.15) is 0 Å². The Balaban J connectivity index is 0.00000169. The van der Waals surface area contributed by atoms with Crippen molar-refractivity contribution < 1.29 is 9.53 Å². The van der Waals surface area contributed by atoms with Gasteiger partial charge >= 0.3 is 0 Å². The summed E-state index contributed by atoms with van der Waals surface area (Å²) in [6, 6.07) is 8.09. The van der Waals surface area contributed by atoms with Gasteiger partial charge in [-0.05, 0) is 50.8 Å². The second kappa shape index (κ2) is 11.1. The van der Waals surface area contributed by atoms with E-state index in [4.69, 9.17) is 4.74 Å². The highest BCUT2D eigenvalue weighted by Gasteiger charge is 2.23. The fourth-order valence-electron chi connectivity index (χ4n) is 3.34. The van der Waals surface area contributed by atoms with Crippen LogP contribution in [0.4, 0.5) is 5.69 Å². The molecule has 148 valence electrons. The Morgan fingerprint density at radius 1 is 1.15 bits per heavy atom. The zero-order valence-corrected chi connectivity index (χ0v) is 17.2. The van der Waals surface area contributed by atoms with Gasteiger partial charge in [0.25, 0.3) is 0 Å². The molecule has 0 spiro atoms. The van der Waals surface area contributed by atoms with Gasteiger partial charge in [0.05, 0.1) is 18.8 Å². The average Bonchev–Trinajstić information content (AvgIpc) is 3.32. The standard InChI is InChI=1S/C19H29N3O2.2ClH/c1-14-11-22(12-15(2)24-14)13-17-5-3-4-6-18(17)21-19(23)10-20-9-16-7-8-16;;/h3-6,14-16,20H,7-13H2,1-2H3,(H,21,23);2*1H. The number of para-hydroxylation sites is 1. The van der Waals surface area contributed by atoms with Crippen molar-refractivity contribution in [2.75, 3.05) is 31.5 Å². The molecule has 7 heteroatoms. The number of hydrogen-bond acceptors (Lipinski definition) is 4. The maximum Gasteiger partial charge on any atom is 0.238 e. The highest BCUT2D eigenvalue weighted by molar-refractivity contribution is 5.93. The van der Waals surface area contributed by atoms with Crippen molar-refractivity contribution in [3.05, 3.63) is 29.8 Å². The first-order chi connectivity index (χ1) is 11.6. The number of ether oxygens (including phenoxy) is 1. The van der Waals surface area contributed by atoms with Crippen LogP contribution in [0, 0.1) is 5.92 Å². The largest absolute Gasteiger partial charge is 0.373 e. The zero-order chi connectivity index (χ0) is 16.9. The summed E-state index contributed by atoms with van der Waals surface area (Å²) in [4.78, 5) is 14.6. The molecule has 2 aliphatic rings. The summed E-state index contributed by atoms with van der Waals surface area (Å²) in [7, 11) is 0. The number of carbonyl (C=O) groups is 1. The number of rotatable bonds is 7. The van der Waals surface area contributed by atoms with E-state index in [2.05, 4.69) is 35.4 Å². The minimum atomic E-state index is 0. The molecule has 0 aromatic heterocycles. The molecule has 3 rings (SSSR count). The lowest BCUT2D eigenvalue weighted by Crippen LogP contribution is -2.44. The number of anilines is 1. The van der Waals surface area contributed by atoms with Crippen molar-refractivity contribution >= 4 is 36.4 Å². The van der Waals surface area contributed by atoms with E-state index in [0.29, 0.717) is 6.54 Å². The Morgan fingerprint density at radius 3 is 2.46 bits per heavy atom. The summed E-state index contributed by atoms with van der Waals surface area (Å²) in [6.07, 6.45) is 3.10. The molecule has 1 aromatic carbocycles. The van der Waals surface area contributed by atoms with Crippen molar-refractivity contribution in [3.8, 4) is 0 Å². The third-order valence-corrected chi connectivity index (χ3v) is 4.60. The van der Waals surface area contributed by atoms with Crippen LogP contribution in [0.25, 0.3) is 0 Å². The maximum absolute atomic E-state index is 12.2. The van der Waals surface area contributed by atoms with Gasteiger partial charge in [0.2, 0.25) is 5.91 Å². The molecule has 1 aliphatic heterocycles. The number of nitrogens with one attached hydrogen (secondary N) is 2. The first kappa shape index (κ1) is 23.2. The Kier molecular flexibility index (Phi) is 9.90. The van der Waals surface area contributed by atoms with Crippen LogP contribution in [0.2, 0.25) is 0 Å². The number of carbonyl (C=O) groups excluding carboxylic acids is 1. The topological polar surface area (TPSA) is 53.6 Å².